The quantitative estimate of drug-likeness (QED) is 0.904. The Balaban J connectivity index is 2.29. The SMILES string of the molecule is COc1ccnc(C(Cc2cccc(F)c2)C(=O)O)n1. The molecule has 0 fully saturated rings. The minimum atomic E-state index is -1.07. The minimum absolute atomic E-state index is 0.111. The lowest BCUT2D eigenvalue weighted by Gasteiger charge is -2.11. The van der Waals surface area contributed by atoms with Crippen LogP contribution in [0.4, 0.5) is 4.39 Å². The standard InChI is InChI=1S/C14H13FN2O3/c1-20-12-5-6-16-13(17-12)11(14(18)19)8-9-3-2-4-10(15)7-9/h2-7,11H,8H2,1H3,(H,18,19). The maximum atomic E-state index is 13.1. The van der Waals surface area contributed by atoms with Crippen LogP contribution in [0.5, 0.6) is 5.88 Å². The first-order valence-corrected chi connectivity index (χ1v) is 5.94. The molecule has 0 aliphatic rings. The van der Waals surface area contributed by atoms with Crippen LogP contribution < -0.4 is 4.74 Å². The molecule has 1 aromatic carbocycles. The van der Waals surface area contributed by atoms with Gasteiger partial charge in [-0.25, -0.2) is 9.37 Å². The molecular formula is C14H13FN2O3. The highest BCUT2D eigenvalue weighted by Gasteiger charge is 2.24. The van der Waals surface area contributed by atoms with Crippen LogP contribution in [0.15, 0.2) is 36.5 Å². The third-order valence-electron chi connectivity index (χ3n) is 2.80. The summed E-state index contributed by atoms with van der Waals surface area (Å²) in [6.45, 7) is 0. The first-order chi connectivity index (χ1) is 9.60. The zero-order valence-electron chi connectivity index (χ0n) is 10.8. The number of hydrogen-bond acceptors (Lipinski definition) is 4. The molecule has 1 heterocycles. The van der Waals surface area contributed by atoms with E-state index in [1.54, 1.807) is 6.07 Å². The summed E-state index contributed by atoms with van der Waals surface area (Å²) < 4.78 is 18.1. The Hall–Kier alpha value is -2.50. The Morgan fingerprint density at radius 3 is 2.90 bits per heavy atom. The van der Waals surface area contributed by atoms with Crippen molar-refractivity contribution in [3.63, 3.8) is 0 Å². The summed E-state index contributed by atoms with van der Waals surface area (Å²) in [7, 11) is 1.44. The Morgan fingerprint density at radius 1 is 1.45 bits per heavy atom. The van der Waals surface area contributed by atoms with Crippen LogP contribution in [-0.2, 0) is 11.2 Å². The Morgan fingerprint density at radius 2 is 2.25 bits per heavy atom. The predicted molar refractivity (Wildman–Crippen MR) is 69.1 cm³/mol. The lowest BCUT2D eigenvalue weighted by Crippen LogP contribution is -2.17. The average Bonchev–Trinajstić information content (AvgIpc) is 2.44. The van der Waals surface area contributed by atoms with E-state index < -0.39 is 17.7 Å². The number of methoxy groups -OCH3 is 1. The number of aromatic nitrogens is 2. The fourth-order valence-electron chi connectivity index (χ4n) is 1.83. The number of rotatable bonds is 5. The van der Waals surface area contributed by atoms with E-state index >= 15 is 0 Å². The van der Waals surface area contributed by atoms with Gasteiger partial charge in [-0.2, -0.15) is 4.98 Å². The number of carbonyl (C=O) groups is 1. The molecule has 20 heavy (non-hydrogen) atoms. The molecule has 2 rings (SSSR count). The summed E-state index contributed by atoms with van der Waals surface area (Å²) >= 11 is 0. The van der Waals surface area contributed by atoms with Crippen molar-refractivity contribution in [2.75, 3.05) is 7.11 Å². The summed E-state index contributed by atoms with van der Waals surface area (Å²) in [4.78, 5) is 19.4. The van der Waals surface area contributed by atoms with Crippen molar-refractivity contribution in [1.82, 2.24) is 9.97 Å². The Kier molecular flexibility index (Phi) is 4.24. The number of ether oxygens (including phenoxy) is 1. The first-order valence-electron chi connectivity index (χ1n) is 5.94. The van der Waals surface area contributed by atoms with Gasteiger partial charge in [-0.1, -0.05) is 12.1 Å². The summed E-state index contributed by atoms with van der Waals surface area (Å²) in [5.74, 6) is -1.99. The van der Waals surface area contributed by atoms with Gasteiger partial charge >= 0.3 is 5.97 Å². The topological polar surface area (TPSA) is 72.3 Å². The van der Waals surface area contributed by atoms with Gasteiger partial charge in [-0.05, 0) is 24.1 Å². The van der Waals surface area contributed by atoms with Crippen molar-refractivity contribution in [2.45, 2.75) is 12.3 Å². The van der Waals surface area contributed by atoms with Crippen molar-refractivity contribution >= 4 is 5.97 Å². The molecule has 6 heteroatoms. The number of halogens is 1. The maximum absolute atomic E-state index is 13.1. The van der Waals surface area contributed by atoms with Crippen LogP contribution in [-0.4, -0.2) is 28.2 Å². The first kappa shape index (κ1) is 13.9. The third-order valence-corrected chi connectivity index (χ3v) is 2.80. The zero-order valence-corrected chi connectivity index (χ0v) is 10.8. The Bertz CT molecular complexity index is 619. The number of carboxylic acids is 1. The molecule has 1 N–H and O–H groups in total. The molecule has 104 valence electrons. The van der Waals surface area contributed by atoms with Gasteiger partial charge in [0, 0.05) is 12.3 Å². The number of nitrogens with zero attached hydrogens (tertiary/aromatic N) is 2. The van der Waals surface area contributed by atoms with Gasteiger partial charge in [-0.15, -0.1) is 0 Å². The summed E-state index contributed by atoms with van der Waals surface area (Å²) in [6.07, 6.45) is 1.54. The second-order valence-electron chi connectivity index (χ2n) is 4.18. The van der Waals surface area contributed by atoms with Crippen molar-refractivity contribution in [3.05, 3.63) is 53.7 Å². The minimum Gasteiger partial charge on any atom is -0.481 e. The number of carboxylic acid groups (broad SMARTS) is 1. The predicted octanol–water partition coefficient (Wildman–Crippen LogP) is 2.04. The van der Waals surface area contributed by atoms with Gasteiger partial charge in [0.05, 0.1) is 7.11 Å². The fraction of sp³-hybridized carbons (Fsp3) is 0.214. The molecule has 0 saturated carbocycles. The van der Waals surface area contributed by atoms with Crippen molar-refractivity contribution in [3.8, 4) is 5.88 Å². The molecule has 0 aliphatic carbocycles. The second-order valence-corrected chi connectivity index (χ2v) is 4.18. The fourth-order valence-corrected chi connectivity index (χ4v) is 1.83. The van der Waals surface area contributed by atoms with Crippen molar-refractivity contribution in [1.29, 1.82) is 0 Å². The molecule has 0 saturated heterocycles. The van der Waals surface area contributed by atoms with E-state index in [0.29, 0.717) is 11.4 Å². The van der Waals surface area contributed by atoms with Gasteiger partial charge in [0.15, 0.2) is 0 Å². The summed E-state index contributed by atoms with van der Waals surface area (Å²) in [6, 6.07) is 7.34. The van der Waals surface area contributed by atoms with E-state index in [9.17, 15) is 14.3 Å². The normalized spacial score (nSPS) is 11.9. The summed E-state index contributed by atoms with van der Waals surface area (Å²) in [5, 5.41) is 9.31. The molecule has 0 spiro atoms. The largest absolute Gasteiger partial charge is 0.481 e. The van der Waals surface area contributed by atoms with Gasteiger partial charge < -0.3 is 9.84 Å². The number of benzene rings is 1. The third kappa shape index (κ3) is 3.28. The van der Waals surface area contributed by atoms with E-state index in [4.69, 9.17) is 4.74 Å². The van der Waals surface area contributed by atoms with Crippen molar-refractivity contribution in [2.24, 2.45) is 0 Å². The molecule has 0 radical (unpaired) electrons. The molecule has 5 nitrogen and oxygen atoms in total. The highest BCUT2D eigenvalue weighted by molar-refractivity contribution is 5.75. The van der Waals surface area contributed by atoms with E-state index in [1.807, 2.05) is 0 Å². The molecule has 1 unspecified atom stereocenters. The van der Waals surface area contributed by atoms with Crippen LogP contribution in [0.25, 0.3) is 0 Å². The highest BCUT2D eigenvalue weighted by Crippen LogP contribution is 2.20. The molecule has 0 aliphatic heterocycles. The average molecular weight is 276 g/mol. The van der Waals surface area contributed by atoms with E-state index in [1.165, 1.54) is 37.6 Å². The van der Waals surface area contributed by atoms with Crippen LogP contribution in [0, 0.1) is 5.82 Å². The smallest absolute Gasteiger partial charge is 0.314 e. The molecule has 2 aromatic rings. The van der Waals surface area contributed by atoms with Crippen LogP contribution in [0.3, 0.4) is 0 Å². The number of aliphatic carboxylic acids is 1. The molecular weight excluding hydrogens is 263 g/mol. The molecule has 0 bridgehead atoms. The van der Waals surface area contributed by atoms with Crippen LogP contribution >= 0.6 is 0 Å². The monoisotopic (exact) mass is 276 g/mol. The van der Waals surface area contributed by atoms with E-state index in [2.05, 4.69) is 9.97 Å². The molecule has 0 amide bonds. The van der Waals surface area contributed by atoms with Gasteiger partial charge in [0.25, 0.3) is 0 Å². The molecule has 1 atom stereocenters. The maximum Gasteiger partial charge on any atom is 0.314 e. The second kappa shape index (κ2) is 6.10. The summed E-state index contributed by atoms with van der Waals surface area (Å²) in [5.41, 5.74) is 0.573. The Labute approximate surface area is 115 Å². The lowest BCUT2D eigenvalue weighted by atomic mass is 9.98. The van der Waals surface area contributed by atoms with Crippen LogP contribution in [0.2, 0.25) is 0 Å². The molecule has 1 aromatic heterocycles. The van der Waals surface area contributed by atoms with E-state index in [0.717, 1.165) is 0 Å². The van der Waals surface area contributed by atoms with E-state index in [-0.39, 0.29) is 12.2 Å². The van der Waals surface area contributed by atoms with Crippen LogP contribution in [0.1, 0.15) is 17.3 Å². The highest BCUT2D eigenvalue weighted by atomic mass is 19.1. The van der Waals surface area contributed by atoms with Gasteiger partial charge in [-0.3, -0.25) is 4.79 Å². The zero-order chi connectivity index (χ0) is 14.5. The van der Waals surface area contributed by atoms with Gasteiger partial charge in [0.1, 0.15) is 17.6 Å². The lowest BCUT2D eigenvalue weighted by molar-refractivity contribution is -0.139. The van der Waals surface area contributed by atoms with Gasteiger partial charge in [0.2, 0.25) is 5.88 Å². The van der Waals surface area contributed by atoms with Crippen molar-refractivity contribution < 1.29 is 19.0 Å². The number of hydrogen-bond donors (Lipinski definition) is 1.